The van der Waals surface area contributed by atoms with E-state index in [-0.39, 0.29) is 24.5 Å². The number of aryl methyl sites for hydroxylation is 1. The van der Waals surface area contributed by atoms with E-state index >= 15 is 0 Å². The third kappa shape index (κ3) is 3.05. The van der Waals surface area contributed by atoms with Crippen LogP contribution in [0.2, 0.25) is 0 Å². The molecule has 2 aromatic carbocycles. The van der Waals surface area contributed by atoms with Gasteiger partial charge in [0.05, 0.1) is 12.8 Å². The van der Waals surface area contributed by atoms with E-state index in [2.05, 4.69) is 10.6 Å². The van der Waals surface area contributed by atoms with Crippen LogP contribution in [0, 0.1) is 6.92 Å². The van der Waals surface area contributed by atoms with Crippen molar-refractivity contribution in [2.75, 3.05) is 24.5 Å². The fourth-order valence-corrected chi connectivity index (χ4v) is 3.66. The van der Waals surface area contributed by atoms with Crippen LogP contribution in [0.15, 0.2) is 24.3 Å². The van der Waals surface area contributed by atoms with Crippen LogP contribution in [-0.4, -0.2) is 25.7 Å². The van der Waals surface area contributed by atoms with Gasteiger partial charge in [-0.3, -0.25) is 9.59 Å². The maximum Gasteiger partial charge on any atom is 0.231 e. The van der Waals surface area contributed by atoms with Gasteiger partial charge in [-0.05, 0) is 41.8 Å². The molecule has 7 heteroatoms. The molecule has 0 fully saturated rings. The Morgan fingerprint density at radius 2 is 1.93 bits per heavy atom. The van der Waals surface area contributed by atoms with Crippen LogP contribution in [0.5, 0.6) is 17.2 Å². The highest BCUT2D eigenvalue weighted by molar-refractivity contribution is 5.98. The van der Waals surface area contributed by atoms with E-state index < -0.39 is 0 Å². The molecule has 27 heavy (non-hydrogen) atoms. The average molecular weight is 368 g/mol. The summed E-state index contributed by atoms with van der Waals surface area (Å²) in [5.41, 5.74) is 4.18. The molecule has 1 unspecified atom stereocenters. The first kappa shape index (κ1) is 17.2. The summed E-state index contributed by atoms with van der Waals surface area (Å²) in [7, 11) is 1.52. The topological polar surface area (TPSA) is 85.9 Å². The SMILES string of the molecule is COc1cc2c(cc1NC(C)=O)C(c1cc3c(cc1C)OCO3)CC(=O)N2. The fourth-order valence-electron chi connectivity index (χ4n) is 3.66. The Morgan fingerprint density at radius 3 is 2.63 bits per heavy atom. The van der Waals surface area contributed by atoms with Crippen molar-refractivity contribution in [1.29, 1.82) is 0 Å². The molecule has 140 valence electrons. The van der Waals surface area contributed by atoms with E-state index in [0.717, 1.165) is 16.7 Å². The molecule has 0 spiro atoms. The smallest absolute Gasteiger partial charge is 0.231 e. The van der Waals surface area contributed by atoms with Crippen molar-refractivity contribution < 1.29 is 23.8 Å². The molecule has 2 aliphatic rings. The molecule has 0 aromatic heterocycles. The van der Waals surface area contributed by atoms with E-state index in [9.17, 15) is 9.59 Å². The lowest BCUT2D eigenvalue weighted by Crippen LogP contribution is -2.24. The molecular formula is C20H20N2O5. The first-order valence-corrected chi connectivity index (χ1v) is 8.65. The van der Waals surface area contributed by atoms with Gasteiger partial charge in [-0.1, -0.05) is 0 Å². The van der Waals surface area contributed by atoms with Crippen molar-refractivity contribution in [3.8, 4) is 17.2 Å². The molecule has 2 heterocycles. The summed E-state index contributed by atoms with van der Waals surface area (Å²) in [6.45, 7) is 3.63. The quantitative estimate of drug-likeness (QED) is 0.869. The summed E-state index contributed by atoms with van der Waals surface area (Å²) in [5.74, 6) is 1.46. The third-order valence-electron chi connectivity index (χ3n) is 4.86. The molecule has 1 atom stereocenters. The highest BCUT2D eigenvalue weighted by atomic mass is 16.7. The number of carbonyl (C=O) groups is 2. The van der Waals surface area contributed by atoms with Gasteiger partial charge in [0.15, 0.2) is 11.5 Å². The molecule has 0 radical (unpaired) electrons. The average Bonchev–Trinajstić information content (AvgIpc) is 3.06. The largest absolute Gasteiger partial charge is 0.494 e. The van der Waals surface area contributed by atoms with Crippen LogP contribution >= 0.6 is 0 Å². The lowest BCUT2D eigenvalue weighted by molar-refractivity contribution is -0.117. The van der Waals surface area contributed by atoms with Crippen LogP contribution in [0.3, 0.4) is 0 Å². The number of fused-ring (bicyclic) bond motifs is 2. The van der Waals surface area contributed by atoms with E-state index in [4.69, 9.17) is 14.2 Å². The Morgan fingerprint density at radius 1 is 1.19 bits per heavy atom. The lowest BCUT2D eigenvalue weighted by Gasteiger charge is -2.28. The van der Waals surface area contributed by atoms with E-state index in [1.807, 2.05) is 25.1 Å². The number of methoxy groups -OCH3 is 1. The van der Waals surface area contributed by atoms with Gasteiger partial charge in [0.2, 0.25) is 18.6 Å². The van der Waals surface area contributed by atoms with Crippen molar-refractivity contribution in [3.63, 3.8) is 0 Å². The van der Waals surface area contributed by atoms with E-state index in [1.165, 1.54) is 14.0 Å². The van der Waals surface area contributed by atoms with Crippen molar-refractivity contribution >= 4 is 23.2 Å². The molecule has 0 saturated heterocycles. The van der Waals surface area contributed by atoms with Gasteiger partial charge < -0.3 is 24.8 Å². The molecule has 4 rings (SSSR count). The monoisotopic (exact) mass is 368 g/mol. The van der Waals surface area contributed by atoms with Gasteiger partial charge in [0, 0.05) is 31.0 Å². The third-order valence-corrected chi connectivity index (χ3v) is 4.86. The molecule has 0 saturated carbocycles. The normalized spacial score (nSPS) is 17.1. The maximum atomic E-state index is 12.3. The molecule has 2 aliphatic heterocycles. The standard InChI is InChI=1S/C20H20N2O5/c1-10-4-18-19(27-9-26-18)6-12(10)13-7-20(24)22-15-8-17(25-3)16(5-14(13)15)21-11(2)23/h4-6,8,13H,7,9H2,1-3H3,(H,21,23)(H,22,24). The number of hydrogen-bond donors (Lipinski definition) is 2. The van der Waals surface area contributed by atoms with Gasteiger partial charge in [-0.25, -0.2) is 0 Å². The van der Waals surface area contributed by atoms with Crippen LogP contribution in [0.25, 0.3) is 0 Å². The Bertz CT molecular complexity index is 954. The fraction of sp³-hybridized carbons (Fsp3) is 0.300. The first-order valence-electron chi connectivity index (χ1n) is 8.65. The Labute approximate surface area is 156 Å². The van der Waals surface area contributed by atoms with Crippen molar-refractivity contribution in [2.45, 2.75) is 26.2 Å². The predicted molar refractivity (Wildman–Crippen MR) is 99.7 cm³/mol. The second-order valence-corrected chi connectivity index (χ2v) is 6.69. The minimum absolute atomic E-state index is 0.0705. The summed E-state index contributed by atoms with van der Waals surface area (Å²) in [5, 5.41) is 5.69. The van der Waals surface area contributed by atoms with Crippen LogP contribution < -0.4 is 24.8 Å². The molecule has 2 aromatic rings. The molecule has 2 N–H and O–H groups in total. The van der Waals surface area contributed by atoms with Gasteiger partial charge >= 0.3 is 0 Å². The first-order chi connectivity index (χ1) is 13.0. The number of nitrogens with one attached hydrogen (secondary N) is 2. The zero-order chi connectivity index (χ0) is 19.1. The van der Waals surface area contributed by atoms with E-state index in [1.54, 1.807) is 6.07 Å². The molecule has 0 bridgehead atoms. The van der Waals surface area contributed by atoms with Crippen LogP contribution in [0.1, 0.15) is 36.0 Å². The summed E-state index contributed by atoms with van der Waals surface area (Å²) < 4.78 is 16.3. The number of ether oxygens (including phenoxy) is 3. The lowest BCUT2D eigenvalue weighted by atomic mass is 9.82. The molecule has 0 aliphatic carbocycles. The summed E-state index contributed by atoms with van der Waals surface area (Å²) in [6.07, 6.45) is 0.305. The second-order valence-electron chi connectivity index (χ2n) is 6.69. The molecule has 7 nitrogen and oxygen atoms in total. The van der Waals surface area contributed by atoms with E-state index in [0.29, 0.717) is 35.0 Å². The van der Waals surface area contributed by atoms with Gasteiger partial charge in [-0.2, -0.15) is 0 Å². The van der Waals surface area contributed by atoms with Gasteiger partial charge in [-0.15, -0.1) is 0 Å². The summed E-state index contributed by atoms with van der Waals surface area (Å²) in [4.78, 5) is 23.9. The predicted octanol–water partition coefficient (Wildman–Crippen LogP) is 3.16. The van der Waals surface area contributed by atoms with Crippen molar-refractivity contribution in [3.05, 3.63) is 41.0 Å². The van der Waals surface area contributed by atoms with Gasteiger partial charge in [0.25, 0.3) is 0 Å². The minimum Gasteiger partial charge on any atom is -0.494 e. The number of rotatable bonds is 3. The summed E-state index contributed by atoms with van der Waals surface area (Å²) in [6, 6.07) is 7.48. The number of benzene rings is 2. The zero-order valence-electron chi connectivity index (χ0n) is 15.3. The minimum atomic E-state index is -0.191. The Balaban J connectivity index is 1.85. The van der Waals surface area contributed by atoms with Crippen LogP contribution in [0.4, 0.5) is 11.4 Å². The number of carbonyl (C=O) groups excluding carboxylic acids is 2. The molecular weight excluding hydrogens is 348 g/mol. The van der Waals surface area contributed by atoms with Crippen molar-refractivity contribution in [2.24, 2.45) is 0 Å². The number of anilines is 2. The zero-order valence-corrected chi connectivity index (χ0v) is 15.3. The highest BCUT2D eigenvalue weighted by Gasteiger charge is 2.30. The van der Waals surface area contributed by atoms with Crippen molar-refractivity contribution in [1.82, 2.24) is 0 Å². The number of amides is 2. The molecule has 2 amide bonds. The van der Waals surface area contributed by atoms with Crippen LogP contribution in [-0.2, 0) is 9.59 Å². The number of hydrogen-bond acceptors (Lipinski definition) is 5. The van der Waals surface area contributed by atoms with Gasteiger partial charge in [0.1, 0.15) is 5.75 Å². The Kier molecular flexibility index (Phi) is 4.14. The summed E-state index contributed by atoms with van der Waals surface area (Å²) >= 11 is 0. The highest BCUT2D eigenvalue weighted by Crippen LogP contribution is 2.45. The Hall–Kier alpha value is -3.22. The second kappa shape index (κ2) is 6.50. The maximum absolute atomic E-state index is 12.3.